The van der Waals surface area contributed by atoms with Crippen molar-refractivity contribution in [1.82, 2.24) is 0 Å². The molecule has 0 fully saturated rings. The van der Waals surface area contributed by atoms with Crippen LogP contribution in [0.3, 0.4) is 0 Å². The van der Waals surface area contributed by atoms with Gasteiger partial charge in [-0.2, -0.15) is 0 Å². The van der Waals surface area contributed by atoms with Gasteiger partial charge in [0.15, 0.2) is 0 Å². The lowest BCUT2D eigenvalue weighted by molar-refractivity contribution is 1.39. The highest BCUT2D eigenvalue weighted by atomic mass is 32.2. The second-order valence-corrected chi connectivity index (χ2v) is 9.55. The molecule has 31 heavy (non-hydrogen) atoms. The summed E-state index contributed by atoms with van der Waals surface area (Å²) < 4.78 is 0. The molecule has 0 aliphatic carbocycles. The van der Waals surface area contributed by atoms with Gasteiger partial charge in [-0.1, -0.05) is 48.5 Å². The molecule has 4 aromatic carbocycles. The van der Waals surface area contributed by atoms with Crippen LogP contribution in [0, 0.1) is 0 Å². The van der Waals surface area contributed by atoms with Gasteiger partial charge in [-0.25, -0.2) is 0 Å². The van der Waals surface area contributed by atoms with Crippen LogP contribution in [0.4, 0.5) is 0 Å². The fourth-order valence-electron chi connectivity index (χ4n) is 3.55. The van der Waals surface area contributed by atoms with Crippen molar-refractivity contribution < 1.29 is 0 Å². The minimum absolute atomic E-state index is 0.944. The van der Waals surface area contributed by atoms with Gasteiger partial charge >= 0.3 is 0 Å². The Kier molecular flexibility index (Phi) is 7.24. The van der Waals surface area contributed by atoms with Crippen molar-refractivity contribution in [2.45, 2.75) is 19.6 Å². The molecule has 0 saturated carbocycles. The molecule has 0 radical (unpaired) electrons. The van der Waals surface area contributed by atoms with Crippen LogP contribution in [-0.4, -0.2) is 6.26 Å². The van der Waals surface area contributed by atoms with E-state index in [1.165, 1.54) is 21.6 Å². The van der Waals surface area contributed by atoms with Gasteiger partial charge in [-0.15, -0.1) is 49.6 Å². The number of hydrogen-bond acceptors (Lipinski definition) is 4. The van der Waals surface area contributed by atoms with Crippen LogP contribution in [0.1, 0.15) is 22.3 Å². The highest BCUT2D eigenvalue weighted by Crippen LogP contribution is 2.38. The molecule has 0 heterocycles. The Labute approximate surface area is 205 Å². The lowest BCUT2D eigenvalue weighted by atomic mass is 9.86. The summed E-state index contributed by atoms with van der Waals surface area (Å²) in [5.41, 5.74) is 6.96. The third-order valence-electron chi connectivity index (χ3n) is 5.10. The summed E-state index contributed by atoms with van der Waals surface area (Å²) in [5.74, 6) is 0. The van der Waals surface area contributed by atoms with Gasteiger partial charge in [-0.05, 0) is 88.2 Å². The van der Waals surface area contributed by atoms with E-state index in [0.717, 1.165) is 31.4 Å². The Morgan fingerprint density at radius 2 is 0.710 bits per heavy atom. The van der Waals surface area contributed by atoms with Crippen LogP contribution in [0.25, 0.3) is 11.1 Å². The van der Waals surface area contributed by atoms with Crippen molar-refractivity contribution in [2.75, 3.05) is 6.26 Å². The summed E-state index contributed by atoms with van der Waals surface area (Å²) in [5, 5.41) is 0. The zero-order valence-corrected chi connectivity index (χ0v) is 20.5. The maximum atomic E-state index is 4.49. The van der Waals surface area contributed by atoms with E-state index >= 15 is 0 Å². The van der Waals surface area contributed by atoms with E-state index in [4.69, 9.17) is 0 Å². The van der Waals surface area contributed by atoms with Gasteiger partial charge < -0.3 is 0 Å². The van der Waals surface area contributed by atoms with E-state index in [0.29, 0.717) is 0 Å². The number of thiol groups is 3. The van der Waals surface area contributed by atoms with E-state index in [-0.39, 0.29) is 0 Å². The molecule has 4 heteroatoms. The summed E-state index contributed by atoms with van der Waals surface area (Å²) in [4.78, 5) is 4.08. The highest BCUT2D eigenvalue weighted by Gasteiger charge is 2.16. The van der Waals surface area contributed by atoms with Gasteiger partial charge in [0, 0.05) is 19.6 Å². The largest absolute Gasteiger partial charge is 0.143 e. The summed E-state index contributed by atoms with van der Waals surface area (Å²) >= 11 is 15.2. The van der Waals surface area contributed by atoms with Crippen LogP contribution in [-0.2, 0) is 0 Å². The third kappa shape index (κ3) is 5.27. The predicted molar refractivity (Wildman–Crippen MR) is 144 cm³/mol. The highest BCUT2D eigenvalue weighted by molar-refractivity contribution is 7.98. The van der Waals surface area contributed by atoms with E-state index in [1.54, 1.807) is 11.8 Å². The SMILES string of the molecule is CSc1ccc(C(=C(c2ccc(S)cc2)c2ccc(S)cc2)c2ccc(S)cc2)cc1. The standard InChI is InChI=1S/C27H22S4/c1-31-25-16-8-21(9-17-25)27(20-6-14-24(30)15-7-20)26(18-2-10-22(28)11-3-18)19-4-12-23(29)13-5-19/h2-17,28-30H,1H3. The number of thioether (sulfide) groups is 1. The molecule has 4 aromatic rings. The molecule has 0 aliphatic rings. The lowest BCUT2D eigenvalue weighted by Crippen LogP contribution is -1.98. The minimum atomic E-state index is 0.944. The second kappa shape index (κ2) is 10.1. The molecule has 0 aliphatic heterocycles. The molecule has 4 rings (SSSR count). The maximum absolute atomic E-state index is 4.49. The van der Waals surface area contributed by atoms with E-state index in [9.17, 15) is 0 Å². The average molecular weight is 475 g/mol. The first kappa shape index (κ1) is 22.2. The first-order chi connectivity index (χ1) is 15.0. The Morgan fingerprint density at radius 1 is 0.452 bits per heavy atom. The fraction of sp³-hybridized carbons (Fsp3) is 0.0370. The Morgan fingerprint density at radius 3 is 0.968 bits per heavy atom. The van der Waals surface area contributed by atoms with Crippen molar-refractivity contribution in [3.05, 3.63) is 119 Å². The molecule has 0 atom stereocenters. The van der Waals surface area contributed by atoms with Crippen molar-refractivity contribution in [3.8, 4) is 0 Å². The van der Waals surface area contributed by atoms with Gasteiger partial charge in [0.05, 0.1) is 0 Å². The Balaban J connectivity index is 2.06. The van der Waals surface area contributed by atoms with Crippen molar-refractivity contribution in [3.63, 3.8) is 0 Å². The Bertz CT molecular complexity index is 1140. The summed E-state index contributed by atoms with van der Waals surface area (Å²) in [7, 11) is 0. The van der Waals surface area contributed by atoms with Crippen molar-refractivity contribution in [2.24, 2.45) is 0 Å². The molecule has 0 N–H and O–H groups in total. The molecule has 0 saturated heterocycles. The van der Waals surface area contributed by atoms with E-state index in [1.807, 2.05) is 36.4 Å². The molecule has 0 bridgehead atoms. The second-order valence-electron chi connectivity index (χ2n) is 7.12. The van der Waals surface area contributed by atoms with Crippen LogP contribution >= 0.6 is 49.6 Å². The molecule has 0 spiro atoms. The number of benzene rings is 4. The molecular formula is C27H22S4. The predicted octanol–water partition coefficient (Wildman–Crippen LogP) is 8.28. The summed E-state index contributed by atoms with van der Waals surface area (Å²) in [6, 6.07) is 33.8. The molecule has 0 unspecified atom stereocenters. The zero-order valence-electron chi connectivity index (χ0n) is 17.0. The van der Waals surface area contributed by atoms with Gasteiger partial charge in [-0.3, -0.25) is 0 Å². The molecule has 0 nitrogen and oxygen atoms in total. The van der Waals surface area contributed by atoms with E-state index < -0.39 is 0 Å². The molecule has 0 amide bonds. The van der Waals surface area contributed by atoms with Crippen LogP contribution in [0.5, 0.6) is 0 Å². The average Bonchev–Trinajstić information content (AvgIpc) is 2.80. The van der Waals surface area contributed by atoms with Crippen LogP contribution in [0.2, 0.25) is 0 Å². The van der Waals surface area contributed by atoms with Crippen LogP contribution in [0.15, 0.2) is 117 Å². The Hall–Kier alpha value is -1.98. The normalized spacial score (nSPS) is 10.7. The summed E-state index contributed by atoms with van der Waals surface area (Å²) in [6.45, 7) is 0. The molecule has 154 valence electrons. The smallest absolute Gasteiger partial charge is 0.00695 e. The topological polar surface area (TPSA) is 0 Å². The maximum Gasteiger partial charge on any atom is 0.00695 e. The monoisotopic (exact) mass is 474 g/mol. The first-order valence-electron chi connectivity index (χ1n) is 9.82. The third-order valence-corrected chi connectivity index (χ3v) is 6.73. The quantitative estimate of drug-likeness (QED) is 0.149. The van der Waals surface area contributed by atoms with Gasteiger partial charge in [0.25, 0.3) is 0 Å². The lowest BCUT2D eigenvalue weighted by Gasteiger charge is -2.19. The zero-order chi connectivity index (χ0) is 21.8. The number of hydrogen-bond donors (Lipinski definition) is 3. The van der Waals surface area contributed by atoms with Crippen LogP contribution < -0.4 is 0 Å². The van der Waals surface area contributed by atoms with Crippen molar-refractivity contribution >= 4 is 60.8 Å². The number of rotatable bonds is 5. The summed E-state index contributed by atoms with van der Waals surface area (Å²) in [6.07, 6.45) is 2.10. The first-order valence-corrected chi connectivity index (χ1v) is 12.4. The molecular weight excluding hydrogens is 453 g/mol. The van der Waals surface area contributed by atoms with Gasteiger partial charge in [0.1, 0.15) is 0 Å². The molecule has 0 aromatic heterocycles. The minimum Gasteiger partial charge on any atom is -0.143 e. The van der Waals surface area contributed by atoms with E-state index in [2.05, 4.69) is 105 Å². The fourth-order valence-corrected chi connectivity index (χ4v) is 4.41. The van der Waals surface area contributed by atoms with Gasteiger partial charge in [0.2, 0.25) is 0 Å². The van der Waals surface area contributed by atoms with Crippen molar-refractivity contribution in [1.29, 1.82) is 0 Å².